The molecule has 7 nitrogen and oxygen atoms in total. The van der Waals surface area contributed by atoms with Gasteiger partial charge in [0.1, 0.15) is 11.3 Å². The number of sulfonamides is 1. The van der Waals surface area contributed by atoms with E-state index >= 15 is 0 Å². The van der Waals surface area contributed by atoms with Crippen molar-refractivity contribution in [1.29, 1.82) is 0 Å². The fraction of sp³-hybridized carbons (Fsp3) is 0.533. The molecular formula is C15H22N2O5S. The Morgan fingerprint density at radius 2 is 2.00 bits per heavy atom. The first-order chi connectivity index (χ1) is 10.8. The lowest BCUT2D eigenvalue weighted by molar-refractivity contribution is 0.0596. The highest BCUT2D eigenvalue weighted by molar-refractivity contribution is 7.89. The van der Waals surface area contributed by atoms with Gasteiger partial charge in [-0.05, 0) is 32.0 Å². The Morgan fingerprint density at radius 3 is 2.61 bits per heavy atom. The fourth-order valence-electron chi connectivity index (χ4n) is 2.62. The molecule has 0 amide bonds. The summed E-state index contributed by atoms with van der Waals surface area (Å²) in [5.41, 5.74) is 0.0897. The smallest absolute Gasteiger partial charge is 0.341 e. The van der Waals surface area contributed by atoms with E-state index in [1.165, 1.54) is 36.7 Å². The van der Waals surface area contributed by atoms with Crippen molar-refractivity contribution < 1.29 is 22.7 Å². The van der Waals surface area contributed by atoms with E-state index < -0.39 is 16.0 Å². The second kappa shape index (κ2) is 6.86. The highest BCUT2D eigenvalue weighted by atomic mass is 32.2. The molecule has 128 valence electrons. The number of carbonyl (C=O) groups excluding carboxylic acids is 1. The molecule has 1 aromatic rings. The molecule has 0 aromatic heterocycles. The monoisotopic (exact) mass is 342 g/mol. The lowest BCUT2D eigenvalue weighted by atomic mass is 10.1. The van der Waals surface area contributed by atoms with Crippen molar-refractivity contribution in [2.24, 2.45) is 0 Å². The van der Waals surface area contributed by atoms with Crippen LogP contribution in [0, 0.1) is 0 Å². The van der Waals surface area contributed by atoms with Crippen molar-refractivity contribution in [1.82, 2.24) is 9.62 Å². The third-order valence-corrected chi connectivity index (χ3v) is 6.14. The number of hydrogen-bond acceptors (Lipinski definition) is 6. The summed E-state index contributed by atoms with van der Waals surface area (Å²) < 4.78 is 37.1. The van der Waals surface area contributed by atoms with Crippen molar-refractivity contribution >= 4 is 16.0 Å². The molecule has 1 saturated heterocycles. The van der Waals surface area contributed by atoms with Gasteiger partial charge >= 0.3 is 5.97 Å². The maximum absolute atomic E-state index is 12.9. The number of nitrogens with one attached hydrogen (secondary N) is 1. The summed E-state index contributed by atoms with van der Waals surface area (Å²) in [7, 11) is -1.05. The summed E-state index contributed by atoms with van der Waals surface area (Å²) in [5.74, 6) is -0.363. The molecule has 2 unspecified atom stereocenters. The summed E-state index contributed by atoms with van der Waals surface area (Å²) in [5, 5.41) is 3.24. The predicted octanol–water partition coefficient (Wildman–Crippen LogP) is 0.853. The summed E-state index contributed by atoms with van der Waals surface area (Å²) in [6, 6.07) is 4.09. The normalized spacial score (nSPS) is 22.6. The van der Waals surface area contributed by atoms with E-state index in [0.29, 0.717) is 13.1 Å². The van der Waals surface area contributed by atoms with Gasteiger partial charge in [-0.25, -0.2) is 13.2 Å². The van der Waals surface area contributed by atoms with Crippen LogP contribution in [-0.2, 0) is 14.8 Å². The topological polar surface area (TPSA) is 84.9 Å². The number of esters is 1. The molecule has 1 aromatic carbocycles. The Morgan fingerprint density at radius 1 is 1.30 bits per heavy atom. The van der Waals surface area contributed by atoms with E-state index in [-0.39, 0.29) is 28.3 Å². The predicted molar refractivity (Wildman–Crippen MR) is 85.2 cm³/mol. The third-order valence-electron chi connectivity index (χ3n) is 4.16. The lowest BCUT2D eigenvalue weighted by Gasteiger charge is -2.37. The molecule has 23 heavy (non-hydrogen) atoms. The van der Waals surface area contributed by atoms with Crippen LogP contribution in [-0.4, -0.2) is 58.1 Å². The molecule has 0 aliphatic carbocycles. The third kappa shape index (κ3) is 3.34. The minimum atomic E-state index is -3.70. The molecule has 1 aliphatic rings. The summed E-state index contributed by atoms with van der Waals surface area (Å²) in [6.45, 7) is 4.78. The number of rotatable bonds is 4. The van der Waals surface area contributed by atoms with Crippen LogP contribution in [0.5, 0.6) is 5.75 Å². The molecule has 0 spiro atoms. The molecule has 1 heterocycles. The van der Waals surface area contributed by atoms with Crippen LogP contribution in [0.2, 0.25) is 0 Å². The number of nitrogens with zero attached hydrogens (tertiary/aromatic N) is 1. The zero-order chi connectivity index (χ0) is 17.2. The van der Waals surface area contributed by atoms with Crippen molar-refractivity contribution in [3.8, 4) is 5.75 Å². The van der Waals surface area contributed by atoms with Gasteiger partial charge in [0.2, 0.25) is 10.0 Å². The van der Waals surface area contributed by atoms with Crippen molar-refractivity contribution in [3.63, 3.8) is 0 Å². The minimum Gasteiger partial charge on any atom is -0.496 e. The summed E-state index contributed by atoms with van der Waals surface area (Å²) in [4.78, 5) is 11.9. The Bertz CT molecular complexity index is 689. The first-order valence-corrected chi connectivity index (χ1v) is 8.78. The Hall–Kier alpha value is -1.64. The van der Waals surface area contributed by atoms with Gasteiger partial charge in [0.05, 0.1) is 19.1 Å². The molecule has 0 bridgehead atoms. The van der Waals surface area contributed by atoms with Gasteiger partial charge < -0.3 is 14.8 Å². The van der Waals surface area contributed by atoms with Crippen LogP contribution in [0.25, 0.3) is 0 Å². The molecule has 8 heteroatoms. The van der Waals surface area contributed by atoms with E-state index in [4.69, 9.17) is 9.47 Å². The number of ether oxygens (including phenoxy) is 2. The molecule has 2 rings (SSSR count). The molecule has 1 fully saturated rings. The van der Waals surface area contributed by atoms with Gasteiger partial charge in [0, 0.05) is 25.2 Å². The molecule has 1 aliphatic heterocycles. The number of methoxy groups -OCH3 is 2. The Balaban J connectivity index is 2.46. The van der Waals surface area contributed by atoms with Crippen LogP contribution in [0.1, 0.15) is 24.2 Å². The summed E-state index contributed by atoms with van der Waals surface area (Å²) in [6.07, 6.45) is 0. The largest absolute Gasteiger partial charge is 0.496 e. The van der Waals surface area contributed by atoms with Crippen LogP contribution in [0.3, 0.4) is 0 Å². The van der Waals surface area contributed by atoms with E-state index in [2.05, 4.69) is 5.32 Å². The average molecular weight is 342 g/mol. The average Bonchev–Trinajstić information content (AvgIpc) is 2.55. The lowest BCUT2D eigenvalue weighted by Crippen LogP contribution is -2.57. The number of benzene rings is 1. The molecule has 1 N–H and O–H groups in total. The maximum atomic E-state index is 12.9. The SMILES string of the molecule is COC(=O)c1cc(S(=O)(=O)N2CCNC(C)C2C)ccc1OC. The van der Waals surface area contributed by atoms with Crippen molar-refractivity contribution in [3.05, 3.63) is 23.8 Å². The maximum Gasteiger partial charge on any atom is 0.341 e. The van der Waals surface area contributed by atoms with Gasteiger partial charge in [0.25, 0.3) is 0 Å². The zero-order valence-corrected chi connectivity index (χ0v) is 14.5. The van der Waals surface area contributed by atoms with Gasteiger partial charge in [-0.1, -0.05) is 0 Å². The first kappa shape index (κ1) is 17.7. The quantitative estimate of drug-likeness (QED) is 0.817. The minimum absolute atomic E-state index is 0.0526. The molecule has 0 radical (unpaired) electrons. The fourth-order valence-corrected chi connectivity index (χ4v) is 4.35. The number of hydrogen-bond donors (Lipinski definition) is 1. The highest BCUT2D eigenvalue weighted by Crippen LogP contribution is 2.27. The van der Waals surface area contributed by atoms with Crippen molar-refractivity contribution in [2.45, 2.75) is 30.8 Å². The standard InChI is InChI=1S/C15H22N2O5S/c1-10-11(2)17(8-7-16-10)23(19,20)12-5-6-14(21-3)13(9-12)15(18)22-4/h5-6,9-11,16H,7-8H2,1-4H3. The first-order valence-electron chi connectivity index (χ1n) is 7.34. The highest BCUT2D eigenvalue weighted by Gasteiger charge is 2.35. The zero-order valence-electron chi connectivity index (χ0n) is 13.7. The second-order valence-electron chi connectivity index (χ2n) is 5.45. The van der Waals surface area contributed by atoms with Crippen molar-refractivity contribution in [2.75, 3.05) is 27.3 Å². The van der Waals surface area contributed by atoms with E-state index in [1.54, 1.807) is 0 Å². The van der Waals surface area contributed by atoms with E-state index in [1.807, 2.05) is 13.8 Å². The molecule has 0 saturated carbocycles. The Labute approximate surface area is 136 Å². The van der Waals surface area contributed by atoms with E-state index in [9.17, 15) is 13.2 Å². The second-order valence-corrected chi connectivity index (χ2v) is 7.34. The van der Waals surface area contributed by atoms with Gasteiger partial charge in [-0.2, -0.15) is 4.31 Å². The van der Waals surface area contributed by atoms with Gasteiger partial charge in [-0.3, -0.25) is 0 Å². The Kier molecular flexibility index (Phi) is 5.28. The van der Waals surface area contributed by atoms with Gasteiger partial charge in [-0.15, -0.1) is 0 Å². The van der Waals surface area contributed by atoms with Crippen LogP contribution in [0.4, 0.5) is 0 Å². The van der Waals surface area contributed by atoms with Gasteiger partial charge in [0.15, 0.2) is 0 Å². The van der Waals surface area contributed by atoms with Crippen LogP contribution >= 0.6 is 0 Å². The molecular weight excluding hydrogens is 320 g/mol. The summed E-state index contributed by atoms with van der Waals surface area (Å²) >= 11 is 0. The van der Waals surface area contributed by atoms with Crippen LogP contribution in [0.15, 0.2) is 23.1 Å². The van der Waals surface area contributed by atoms with Crippen LogP contribution < -0.4 is 10.1 Å². The number of piperazine rings is 1. The number of carbonyl (C=O) groups is 1. The molecule has 2 atom stereocenters. The van der Waals surface area contributed by atoms with E-state index in [0.717, 1.165) is 0 Å².